The highest BCUT2D eigenvalue weighted by atomic mass is 16.6. The molecule has 196 valence electrons. The van der Waals surface area contributed by atoms with E-state index in [-0.39, 0.29) is 25.0 Å². The first-order chi connectivity index (χ1) is 18.0. The molecule has 8 heteroatoms. The van der Waals surface area contributed by atoms with Gasteiger partial charge in [-0.15, -0.1) is 0 Å². The van der Waals surface area contributed by atoms with Gasteiger partial charge in [0.05, 0.1) is 25.9 Å². The molecule has 0 saturated carbocycles. The number of ether oxygens (including phenoxy) is 4. The number of hydrogen-bond donors (Lipinski definition) is 3. The Balaban J connectivity index is 1.25. The first-order valence-electron chi connectivity index (χ1n) is 12.4. The Morgan fingerprint density at radius 1 is 1.08 bits per heavy atom. The molecule has 3 aromatic carbocycles. The van der Waals surface area contributed by atoms with E-state index in [1.807, 2.05) is 48.5 Å². The van der Waals surface area contributed by atoms with Gasteiger partial charge in [-0.3, -0.25) is 4.79 Å². The van der Waals surface area contributed by atoms with Gasteiger partial charge in [-0.05, 0) is 47.9 Å². The van der Waals surface area contributed by atoms with Crippen LogP contribution in [0.5, 0.6) is 17.2 Å². The van der Waals surface area contributed by atoms with E-state index < -0.39 is 12.1 Å². The standard InChI is InChI=1S/C29H33NO7/c1-20(32)36-27-9-5-8-24(25(27)16-31)26(33)15-30-13-12-21-10-11-28-29(14-21)37-23(19-35-28)18-34-17-22-6-3-2-4-7-22/h2-11,14,23,26,30-31,33H,12-13,15-19H2,1H3/t23-,26-/m0/s1. The maximum Gasteiger partial charge on any atom is 0.308 e. The molecular formula is C29H33NO7. The lowest BCUT2D eigenvalue weighted by atomic mass is 10.0. The summed E-state index contributed by atoms with van der Waals surface area (Å²) in [6.07, 6.45) is -0.323. The second kappa shape index (κ2) is 13.2. The zero-order valence-electron chi connectivity index (χ0n) is 20.9. The monoisotopic (exact) mass is 507 g/mol. The van der Waals surface area contributed by atoms with Gasteiger partial charge in [-0.1, -0.05) is 48.5 Å². The van der Waals surface area contributed by atoms with Crippen LogP contribution in [0, 0.1) is 0 Å². The lowest BCUT2D eigenvalue weighted by Gasteiger charge is -2.27. The summed E-state index contributed by atoms with van der Waals surface area (Å²) in [5, 5.41) is 23.6. The topological polar surface area (TPSA) is 106 Å². The predicted octanol–water partition coefficient (Wildman–Crippen LogP) is 3.33. The van der Waals surface area contributed by atoms with E-state index in [0.29, 0.717) is 43.2 Å². The fourth-order valence-electron chi connectivity index (χ4n) is 4.18. The van der Waals surface area contributed by atoms with E-state index in [1.54, 1.807) is 18.2 Å². The summed E-state index contributed by atoms with van der Waals surface area (Å²) >= 11 is 0. The van der Waals surface area contributed by atoms with E-state index in [9.17, 15) is 15.0 Å². The van der Waals surface area contributed by atoms with Gasteiger partial charge >= 0.3 is 5.97 Å². The molecule has 0 aliphatic carbocycles. The third-order valence-electron chi connectivity index (χ3n) is 6.01. The zero-order chi connectivity index (χ0) is 26.0. The number of benzene rings is 3. The average molecular weight is 508 g/mol. The highest BCUT2D eigenvalue weighted by Crippen LogP contribution is 2.33. The van der Waals surface area contributed by atoms with Crippen molar-refractivity contribution in [2.24, 2.45) is 0 Å². The van der Waals surface area contributed by atoms with E-state index in [1.165, 1.54) is 6.92 Å². The molecular weight excluding hydrogens is 474 g/mol. The van der Waals surface area contributed by atoms with Crippen LogP contribution in [0.15, 0.2) is 66.7 Å². The number of fused-ring (bicyclic) bond motifs is 1. The number of carbonyl (C=O) groups is 1. The Morgan fingerprint density at radius 3 is 2.70 bits per heavy atom. The van der Waals surface area contributed by atoms with Crippen molar-refractivity contribution in [2.75, 3.05) is 26.3 Å². The van der Waals surface area contributed by atoms with E-state index in [2.05, 4.69) is 5.32 Å². The van der Waals surface area contributed by atoms with Crippen LogP contribution in [-0.2, 0) is 29.2 Å². The van der Waals surface area contributed by atoms with Crippen molar-refractivity contribution in [3.05, 3.63) is 89.0 Å². The predicted molar refractivity (Wildman–Crippen MR) is 138 cm³/mol. The number of hydrogen-bond acceptors (Lipinski definition) is 8. The number of esters is 1. The largest absolute Gasteiger partial charge is 0.486 e. The molecule has 0 unspecified atom stereocenters. The fraction of sp³-hybridized carbons (Fsp3) is 0.345. The van der Waals surface area contributed by atoms with Crippen LogP contribution >= 0.6 is 0 Å². The number of aliphatic hydroxyl groups excluding tert-OH is 2. The summed E-state index contributed by atoms with van der Waals surface area (Å²) in [4.78, 5) is 11.3. The Labute approximate surface area is 216 Å². The quantitative estimate of drug-likeness (QED) is 0.195. The number of rotatable bonds is 12. The summed E-state index contributed by atoms with van der Waals surface area (Å²) in [7, 11) is 0. The minimum Gasteiger partial charge on any atom is -0.486 e. The minimum absolute atomic E-state index is 0.178. The molecule has 4 rings (SSSR count). The molecule has 0 aromatic heterocycles. The van der Waals surface area contributed by atoms with Gasteiger partial charge in [0.2, 0.25) is 0 Å². The van der Waals surface area contributed by atoms with Crippen LogP contribution in [-0.4, -0.2) is 48.6 Å². The molecule has 8 nitrogen and oxygen atoms in total. The highest BCUT2D eigenvalue weighted by molar-refractivity contribution is 5.70. The Bertz CT molecular complexity index is 1170. The molecule has 3 aromatic rings. The lowest BCUT2D eigenvalue weighted by molar-refractivity contribution is -0.131. The van der Waals surface area contributed by atoms with Gasteiger partial charge < -0.3 is 34.5 Å². The molecule has 0 bridgehead atoms. The van der Waals surface area contributed by atoms with Gasteiger partial charge in [-0.2, -0.15) is 0 Å². The molecule has 0 amide bonds. The van der Waals surface area contributed by atoms with Gasteiger partial charge in [0.15, 0.2) is 17.6 Å². The third kappa shape index (κ3) is 7.53. The van der Waals surface area contributed by atoms with Crippen LogP contribution in [0.25, 0.3) is 0 Å². The fourth-order valence-corrected chi connectivity index (χ4v) is 4.18. The molecule has 3 N–H and O–H groups in total. The highest BCUT2D eigenvalue weighted by Gasteiger charge is 2.22. The second-order valence-corrected chi connectivity index (χ2v) is 8.88. The SMILES string of the molecule is CC(=O)Oc1cccc([C@@H](O)CNCCc2ccc3c(c2)O[C@@H](COCc2ccccc2)CO3)c1CO. The molecule has 0 fully saturated rings. The van der Waals surface area contributed by atoms with E-state index in [4.69, 9.17) is 18.9 Å². The van der Waals surface area contributed by atoms with Crippen molar-refractivity contribution in [3.8, 4) is 17.2 Å². The molecule has 1 aliphatic heterocycles. The van der Waals surface area contributed by atoms with Crippen LogP contribution in [0.2, 0.25) is 0 Å². The normalized spacial score (nSPS) is 15.3. The summed E-state index contributed by atoms with van der Waals surface area (Å²) in [5.41, 5.74) is 3.11. The molecule has 37 heavy (non-hydrogen) atoms. The smallest absolute Gasteiger partial charge is 0.308 e. The van der Waals surface area contributed by atoms with Gasteiger partial charge in [0.25, 0.3) is 0 Å². The Morgan fingerprint density at radius 2 is 1.92 bits per heavy atom. The van der Waals surface area contributed by atoms with Gasteiger partial charge in [-0.25, -0.2) is 0 Å². The number of carbonyl (C=O) groups excluding carboxylic acids is 1. The van der Waals surface area contributed by atoms with E-state index >= 15 is 0 Å². The van der Waals surface area contributed by atoms with E-state index in [0.717, 1.165) is 23.3 Å². The van der Waals surface area contributed by atoms with Crippen molar-refractivity contribution in [2.45, 2.75) is 38.8 Å². The molecule has 1 aliphatic rings. The molecule has 0 spiro atoms. The van der Waals surface area contributed by atoms with Crippen LogP contribution < -0.4 is 19.5 Å². The zero-order valence-corrected chi connectivity index (χ0v) is 20.9. The van der Waals surface area contributed by atoms with Crippen molar-refractivity contribution in [1.82, 2.24) is 5.32 Å². The summed E-state index contributed by atoms with van der Waals surface area (Å²) in [5.74, 6) is 1.19. The van der Waals surface area contributed by atoms with Crippen molar-refractivity contribution < 1.29 is 34.0 Å². The minimum atomic E-state index is -0.866. The summed E-state index contributed by atoms with van der Waals surface area (Å²) < 4.78 is 22.9. The molecule has 0 saturated heterocycles. The van der Waals surface area contributed by atoms with Crippen LogP contribution in [0.4, 0.5) is 0 Å². The van der Waals surface area contributed by atoms with Crippen LogP contribution in [0.1, 0.15) is 35.3 Å². The Hall–Kier alpha value is -3.43. The maximum atomic E-state index is 11.3. The van der Waals surface area contributed by atoms with Crippen molar-refractivity contribution in [3.63, 3.8) is 0 Å². The maximum absolute atomic E-state index is 11.3. The molecule has 1 heterocycles. The average Bonchev–Trinajstić information content (AvgIpc) is 2.91. The third-order valence-corrected chi connectivity index (χ3v) is 6.01. The summed E-state index contributed by atoms with van der Waals surface area (Å²) in [6.45, 7) is 3.26. The number of aliphatic hydroxyl groups is 2. The first kappa shape index (κ1) is 26.6. The first-order valence-corrected chi connectivity index (χ1v) is 12.4. The summed E-state index contributed by atoms with van der Waals surface area (Å²) in [6, 6.07) is 20.9. The molecule has 0 radical (unpaired) electrons. The van der Waals surface area contributed by atoms with Crippen molar-refractivity contribution >= 4 is 5.97 Å². The van der Waals surface area contributed by atoms with Gasteiger partial charge in [0, 0.05) is 19.0 Å². The lowest BCUT2D eigenvalue weighted by Crippen LogP contribution is -2.33. The Kier molecular flexibility index (Phi) is 9.51. The van der Waals surface area contributed by atoms with Crippen LogP contribution in [0.3, 0.4) is 0 Å². The molecule has 2 atom stereocenters. The van der Waals surface area contributed by atoms with Gasteiger partial charge in [0.1, 0.15) is 12.4 Å². The number of nitrogens with one attached hydrogen (secondary N) is 1. The van der Waals surface area contributed by atoms with Crippen molar-refractivity contribution in [1.29, 1.82) is 0 Å². The second-order valence-electron chi connectivity index (χ2n) is 8.88.